The highest BCUT2D eigenvalue weighted by Crippen LogP contribution is 2.70. The minimum atomic E-state index is 0.725. The molecule has 0 aromatic rings. The van der Waals surface area contributed by atoms with Crippen LogP contribution in [0.5, 0.6) is 0 Å². The van der Waals surface area contributed by atoms with Crippen LogP contribution in [0.2, 0.25) is 0 Å². The van der Waals surface area contributed by atoms with Gasteiger partial charge in [-0.1, -0.05) is 0 Å². The fourth-order valence-electron chi connectivity index (χ4n) is 4.04. The van der Waals surface area contributed by atoms with Gasteiger partial charge in [0.25, 0.3) is 0 Å². The fourth-order valence-corrected chi connectivity index (χ4v) is 4.04. The van der Waals surface area contributed by atoms with Crippen molar-refractivity contribution in [3.05, 3.63) is 0 Å². The molecule has 3 saturated carbocycles. The molecule has 5 atom stereocenters. The van der Waals surface area contributed by atoms with Crippen LogP contribution < -0.4 is 5.32 Å². The van der Waals surface area contributed by atoms with Crippen LogP contribution in [-0.4, -0.2) is 12.1 Å². The van der Waals surface area contributed by atoms with Gasteiger partial charge in [0.05, 0.1) is 0 Å². The van der Waals surface area contributed by atoms with Crippen molar-refractivity contribution in [2.45, 2.75) is 24.8 Å². The lowest BCUT2D eigenvalue weighted by Gasteiger charge is -2.53. The molecule has 1 spiro atoms. The third kappa shape index (κ3) is 0.298. The first kappa shape index (κ1) is 4.76. The molecule has 0 radical (unpaired) electrons. The monoisotopic (exact) mass is 135 g/mol. The highest BCUT2D eigenvalue weighted by molar-refractivity contribution is 5.25. The van der Waals surface area contributed by atoms with Gasteiger partial charge in [-0.15, -0.1) is 0 Å². The zero-order valence-corrected chi connectivity index (χ0v) is 6.14. The zero-order chi connectivity index (χ0) is 6.34. The summed E-state index contributed by atoms with van der Waals surface area (Å²) < 4.78 is 0. The summed E-state index contributed by atoms with van der Waals surface area (Å²) >= 11 is 0. The van der Waals surface area contributed by atoms with Gasteiger partial charge in [-0.3, -0.25) is 0 Å². The summed E-state index contributed by atoms with van der Waals surface area (Å²) in [4.78, 5) is 0. The third-order valence-corrected chi connectivity index (χ3v) is 4.68. The normalized spacial score (nSPS) is 74.4. The maximum Gasteiger partial charge on any atom is 0.0341 e. The molecule has 0 amide bonds. The van der Waals surface area contributed by atoms with E-state index in [1.54, 1.807) is 19.3 Å². The lowest BCUT2D eigenvalue weighted by atomic mass is 9.51. The van der Waals surface area contributed by atoms with Gasteiger partial charge in [0.2, 0.25) is 0 Å². The van der Waals surface area contributed by atoms with Crippen molar-refractivity contribution in [1.29, 1.82) is 0 Å². The second kappa shape index (κ2) is 1.08. The fraction of sp³-hybridized carbons (Fsp3) is 1.00. The summed E-state index contributed by atoms with van der Waals surface area (Å²) in [5.41, 5.74) is 0.725. The molecule has 1 nitrogen and oxygen atoms in total. The molecule has 1 heterocycles. The Labute approximate surface area is 61.2 Å². The van der Waals surface area contributed by atoms with Gasteiger partial charge in [-0.25, -0.2) is 0 Å². The highest BCUT2D eigenvalue weighted by Gasteiger charge is 2.70. The van der Waals surface area contributed by atoms with Gasteiger partial charge < -0.3 is 5.32 Å². The van der Waals surface area contributed by atoms with Crippen molar-refractivity contribution in [2.75, 3.05) is 6.54 Å². The Hall–Kier alpha value is -0.0400. The molecule has 4 aliphatic rings. The molecule has 0 aromatic carbocycles. The van der Waals surface area contributed by atoms with Crippen molar-refractivity contribution in [2.24, 2.45) is 23.7 Å². The predicted molar refractivity (Wildman–Crippen MR) is 38.5 cm³/mol. The standard InChI is InChI=1S/C9H13N/c1-5-2-7-8(5)6(1)3-9(7)4-10-9/h5-8,10H,1-4H2. The molecule has 0 aromatic heterocycles. The number of hydrogen-bond donors (Lipinski definition) is 1. The summed E-state index contributed by atoms with van der Waals surface area (Å²) in [6.45, 7) is 1.36. The van der Waals surface area contributed by atoms with Crippen LogP contribution in [0.4, 0.5) is 0 Å². The molecule has 3 aliphatic carbocycles. The van der Waals surface area contributed by atoms with E-state index in [9.17, 15) is 0 Å². The second-order valence-corrected chi connectivity index (χ2v) is 4.89. The zero-order valence-electron chi connectivity index (χ0n) is 6.14. The summed E-state index contributed by atoms with van der Waals surface area (Å²) in [5, 5.41) is 3.60. The van der Waals surface area contributed by atoms with E-state index in [0.29, 0.717) is 0 Å². The van der Waals surface area contributed by atoms with E-state index in [2.05, 4.69) is 5.32 Å². The Morgan fingerprint density at radius 2 is 2.10 bits per heavy atom. The molecule has 1 N–H and O–H groups in total. The van der Waals surface area contributed by atoms with E-state index in [0.717, 1.165) is 11.5 Å². The molecule has 5 unspecified atom stereocenters. The minimum absolute atomic E-state index is 0.725. The molecule has 1 saturated heterocycles. The average molecular weight is 135 g/mol. The van der Waals surface area contributed by atoms with Crippen molar-refractivity contribution in [3.63, 3.8) is 0 Å². The Morgan fingerprint density at radius 1 is 1.20 bits per heavy atom. The topological polar surface area (TPSA) is 21.9 Å². The predicted octanol–water partition coefficient (Wildman–Crippen LogP) is 1.00. The Morgan fingerprint density at radius 3 is 2.70 bits per heavy atom. The molecule has 54 valence electrons. The largest absolute Gasteiger partial charge is 0.308 e. The van der Waals surface area contributed by atoms with Crippen LogP contribution in [0.3, 0.4) is 0 Å². The number of nitrogens with one attached hydrogen (secondary N) is 1. The van der Waals surface area contributed by atoms with Crippen LogP contribution in [0, 0.1) is 23.7 Å². The van der Waals surface area contributed by atoms with Crippen LogP contribution in [0.25, 0.3) is 0 Å². The lowest BCUT2D eigenvalue weighted by molar-refractivity contribution is -0.0446. The van der Waals surface area contributed by atoms with Crippen LogP contribution in [0.15, 0.2) is 0 Å². The third-order valence-electron chi connectivity index (χ3n) is 4.68. The average Bonchev–Trinajstić information content (AvgIpc) is 2.60. The summed E-state index contributed by atoms with van der Waals surface area (Å²) in [6.07, 6.45) is 4.71. The number of fused-ring (bicyclic) bond motifs is 1. The van der Waals surface area contributed by atoms with Gasteiger partial charge in [0, 0.05) is 12.1 Å². The molecular formula is C9H13N. The van der Waals surface area contributed by atoms with Gasteiger partial charge in [0.15, 0.2) is 0 Å². The summed E-state index contributed by atoms with van der Waals surface area (Å²) in [7, 11) is 0. The highest BCUT2D eigenvalue weighted by atomic mass is 15.2. The van der Waals surface area contributed by atoms with Gasteiger partial charge >= 0.3 is 0 Å². The van der Waals surface area contributed by atoms with E-state index in [-0.39, 0.29) is 0 Å². The van der Waals surface area contributed by atoms with Gasteiger partial charge in [-0.2, -0.15) is 0 Å². The van der Waals surface area contributed by atoms with Crippen molar-refractivity contribution in [3.8, 4) is 0 Å². The van der Waals surface area contributed by atoms with Crippen LogP contribution in [0.1, 0.15) is 19.3 Å². The first-order chi connectivity index (χ1) is 4.89. The van der Waals surface area contributed by atoms with E-state index >= 15 is 0 Å². The van der Waals surface area contributed by atoms with Crippen molar-refractivity contribution >= 4 is 0 Å². The smallest absolute Gasteiger partial charge is 0.0341 e. The maximum absolute atomic E-state index is 3.60. The van der Waals surface area contributed by atoms with Crippen LogP contribution in [-0.2, 0) is 0 Å². The molecule has 1 heteroatoms. The quantitative estimate of drug-likeness (QED) is 0.492. The van der Waals surface area contributed by atoms with Crippen molar-refractivity contribution < 1.29 is 0 Å². The lowest BCUT2D eigenvalue weighted by Crippen LogP contribution is -2.48. The summed E-state index contributed by atoms with van der Waals surface area (Å²) in [5.74, 6) is 4.70. The van der Waals surface area contributed by atoms with Gasteiger partial charge in [0.1, 0.15) is 0 Å². The second-order valence-electron chi connectivity index (χ2n) is 4.89. The Bertz CT molecular complexity index is 207. The molecule has 4 rings (SSSR count). The first-order valence-electron chi connectivity index (χ1n) is 4.64. The minimum Gasteiger partial charge on any atom is -0.308 e. The van der Waals surface area contributed by atoms with E-state index in [1.807, 2.05) is 0 Å². The maximum atomic E-state index is 3.60. The molecule has 4 fully saturated rings. The Kier molecular flexibility index (Phi) is 0.513. The van der Waals surface area contributed by atoms with E-state index in [4.69, 9.17) is 0 Å². The molecule has 1 aliphatic heterocycles. The van der Waals surface area contributed by atoms with E-state index < -0.39 is 0 Å². The molecule has 0 bridgehead atoms. The van der Waals surface area contributed by atoms with Crippen LogP contribution >= 0.6 is 0 Å². The number of hydrogen-bond acceptors (Lipinski definition) is 1. The van der Waals surface area contributed by atoms with Crippen molar-refractivity contribution in [1.82, 2.24) is 5.32 Å². The number of rotatable bonds is 0. The summed E-state index contributed by atoms with van der Waals surface area (Å²) in [6, 6.07) is 0. The van der Waals surface area contributed by atoms with Gasteiger partial charge in [-0.05, 0) is 42.9 Å². The Balaban J connectivity index is 1.81. The SMILES string of the molecule is C1C2CC3C2C1CC31CN1. The first-order valence-corrected chi connectivity index (χ1v) is 4.64. The van der Waals surface area contributed by atoms with E-state index in [1.165, 1.54) is 24.3 Å². The molecular weight excluding hydrogens is 122 g/mol. The molecule has 10 heavy (non-hydrogen) atoms.